The minimum Gasteiger partial charge on any atom is -0.493 e. The number of nitriles is 1. The average molecular weight is 379 g/mol. The van der Waals surface area contributed by atoms with Crippen LogP contribution in [0.1, 0.15) is 15.9 Å². The van der Waals surface area contributed by atoms with Gasteiger partial charge in [0.15, 0.2) is 11.5 Å². The van der Waals surface area contributed by atoms with Gasteiger partial charge in [0.05, 0.1) is 21.3 Å². The zero-order chi connectivity index (χ0) is 19.4. The van der Waals surface area contributed by atoms with Crippen molar-refractivity contribution in [2.24, 2.45) is 0 Å². The van der Waals surface area contributed by atoms with Crippen LogP contribution in [0.3, 0.4) is 0 Å². The second-order valence-corrected chi connectivity index (χ2v) is 6.51. The molecule has 3 rings (SSSR count). The highest BCUT2D eigenvalue weighted by molar-refractivity contribution is 7.17. The molecule has 0 spiro atoms. The molecule has 0 aliphatic carbocycles. The van der Waals surface area contributed by atoms with Crippen LogP contribution in [0.2, 0.25) is 0 Å². The van der Waals surface area contributed by atoms with E-state index in [1.54, 1.807) is 17.5 Å². The van der Waals surface area contributed by atoms with E-state index in [9.17, 15) is 10.1 Å². The van der Waals surface area contributed by atoms with Crippen LogP contribution in [-0.2, 0) is 0 Å². The van der Waals surface area contributed by atoms with Gasteiger partial charge in [0.2, 0.25) is 11.5 Å². The SMILES string of the molecule is COc1cc(/C=C(\C#N)C(=O)c2csc3ccccc23)cc(OC)c1OC. The molecule has 27 heavy (non-hydrogen) atoms. The van der Waals surface area contributed by atoms with Crippen molar-refractivity contribution in [2.45, 2.75) is 0 Å². The molecule has 0 atom stereocenters. The van der Waals surface area contributed by atoms with Gasteiger partial charge >= 0.3 is 0 Å². The van der Waals surface area contributed by atoms with Crippen molar-refractivity contribution in [1.82, 2.24) is 0 Å². The maximum Gasteiger partial charge on any atom is 0.205 e. The van der Waals surface area contributed by atoms with E-state index in [-0.39, 0.29) is 11.4 Å². The van der Waals surface area contributed by atoms with Crippen molar-refractivity contribution in [3.05, 3.63) is 58.5 Å². The summed E-state index contributed by atoms with van der Waals surface area (Å²) in [5, 5.41) is 12.2. The number of carbonyl (C=O) groups excluding carboxylic acids is 1. The van der Waals surface area contributed by atoms with Crippen molar-refractivity contribution in [1.29, 1.82) is 5.26 Å². The first-order valence-corrected chi connectivity index (χ1v) is 8.93. The predicted molar refractivity (Wildman–Crippen MR) is 106 cm³/mol. The first kappa shape index (κ1) is 18.5. The molecular weight excluding hydrogens is 362 g/mol. The number of rotatable bonds is 6. The number of methoxy groups -OCH3 is 3. The number of carbonyl (C=O) groups is 1. The number of nitrogens with zero attached hydrogens (tertiary/aromatic N) is 1. The first-order chi connectivity index (χ1) is 13.1. The van der Waals surface area contributed by atoms with Crippen molar-refractivity contribution in [2.75, 3.05) is 21.3 Å². The number of ether oxygens (including phenoxy) is 3. The number of fused-ring (bicyclic) bond motifs is 1. The summed E-state index contributed by atoms with van der Waals surface area (Å²) >= 11 is 1.48. The zero-order valence-electron chi connectivity index (χ0n) is 15.1. The third-order valence-electron chi connectivity index (χ3n) is 4.09. The lowest BCUT2D eigenvalue weighted by atomic mass is 10.0. The topological polar surface area (TPSA) is 68.5 Å². The molecule has 0 unspecified atom stereocenters. The summed E-state index contributed by atoms with van der Waals surface area (Å²) in [5.74, 6) is 1.04. The third-order valence-corrected chi connectivity index (χ3v) is 5.05. The second-order valence-electron chi connectivity index (χ2n) is 5.60. The summed E-state index contributed by atoms with van der Waals surface area (Å²) < 4.78 is 17.0. The molecule has 0 saturated heterocycles. The smallest absolute Gasteiger partial charge is 0.205 e. The standard InChI is InChI=1S/C21H17NO4S/c1-24-17-9-13(10-18(25-2)21(17)26-3)8-14(11-22)20(23)16-12-27-19-7-5-4-6-15(16)19/h4-10,12H,1-3H3/b14-8+. The Balaban J connectivity index is 2.06. The highest BCUT2D eigenvalue weighted by atomic mass is 32.1. The van der Waals surface area contributed by atoms with Crippen LogP contribution < -0.4 is 14.2 Å². The molecule has 0 bridgehead atoms. The highest BCUT2D eigenvalue weighted by Gasteiger charge is 2.18. The molecule has 0 aliphatic rings. The second kappa shape index (κ2) is 7.94. The Morgan fingerprint density at radius 3 is 2.33 bits per heavy atom. The normalized spacial score (nSPS) is 11.1. The fourth-order valence-electron chi connectivity index (χ4n) is 2.80. The number of hydrogen-bond donors (Lipinski definition) is 0. The Morgan fingerprint density at radius 1 is 1.07 bits per heavy atom. The van der Waals surface area contributed by atoms with Gasteiger partial charge in [0, 0.05) is 21.0 Å². The van der Waals surface area contributed by atoms with Gasteiger partial charge in [-0.3, -0.25) is 4.79 Å². The van der Waals surface area contributed by atoms with E-state index in [1.165, 1.54) is 38.7 Å². The number of ketones is 1. The number of thiophene rings is 1. The van der Waals surface area contributed by atoms with Crippen LogP contribution in [0.5, 0.6) is 17.2 Å². The lowest BCUT2D eigenvalue weighted by molar-refractivity contribution is 0.104. The Labute approximate surface area is 161 Å². The number of hydrogen-bond acceptors (Lipinski definition) is 6. The van der Waals surface area contributed by atoms with Gasteiger partial charge in [-0.15, -0.1) is 11.3 Å². The monoisotopic (exact) mass is 379 g/mol. The minimum absolute atomic E-state index is 0.0350. The molecule has 0 radical (unpaired) electrons. The van der Waals surface area contributed by atoms with Crippen LogP contribution in [0.4, 0.5) is 0 Å². The molecule has 0 aliphatic heterocycles. The van der Waals surface area contributed by atoms with Gasteiger partial charge in [0.25, 0.3) is 0 Å². The Bertz CT molecular complexity index is 1050. The van der Waals surface area contributed by atoms with E-state index in [4.69, 9.17) is 14.2 Å². The molecule has 6 heteroatoms. The van der Waals surface area contributed by atoms with Crippen LogP contribution in [0, 0.1) is 11.3 Å². The maximum absolute atomic E-state index is 12.9. The van der Waals surface area contributed by atoms with Crippen molar-refractivity contribution >= 4 is 33.3 Å². The highest BCUT2D eigenvalue weighted by Crippen LogP contribution is 2.39. The van der Waals surface area contributed by atoms with Crippen LogP contribution >= 0.6 is 11.3 Å². The zero-order valence-corrected chi connectivity index (χ0v) is 15.9. The average Bonchev–Trinajstić information content (AvgIpc) is 3.14. The molecule has 1 aromatic heterocycles. The summed E-state index contributed by atoms with van der Waals surface area (Å²) in [4.78, 5) is 12.9. The quantitative estimate of drug-likeness (QED) is 0.352. The first-order valence-electron chi connectivity index (χ1n) is 8.05. The van der Waals surface area contributed by atoms with E-state index in [2.05, 4.69) is 0 Å². The lowest BCUT2D eigenvalue weighted by Crippen LogP contribution is -2.01. The van der Waals surface area contributed by atoms with Crippen molar-refractivity contribution < 1.29 is 19.0 Å². The summed E-state index contributed by atoms with van der Waals surface area (Å²) in [6.07, 6.45) is 1.53. The number of allylic oxidation sites excluding steroid dienone is 1. The summed E-state index contributed by atoms with van der Waals surface area (Å²) in [6.45, 7) is 0. The van der Waals surface area contributed by atoms with E-state index in [1.807, 2.05) is 30.3 Å². The van der Waals surface area contributed by atoms with Crippen molar-refractivity contribution in [3.8, 4) is 23.3 Å². The third kappa shape index (κ3) is 3.50. The molecule has 1 heterocycles. The molecule has 0 N–H and O–H groups in total. The Hall–Kier alpha value is -3.30. The van der Waals surface area contributed by atoms with Crippen LogP contribution in [0.25, 0.3) is 16.2 Å². The van der Waals surface area contributed by atoms with Gasteiger partial charge in [-0.2, -0.15) is 5.26 Å². The van der Waals surface area contributed by atoms with Crippen LogP contribution in [0.15, 0.2) is 47.4 Å². The number of Topliss-reactive ketones (excluding diaryl/α,β-unsaturated/α-hetero) is 1. The molecule has 3 aromatic rings. The molecule has 136 valence electrons. The molecular formula is C21H17NO4S. The summed E-state index contributed by atoms with van der Waals surface area (Å²) in [7, 11) is 4.54. The Kier molecular flexibility index (Phi) is 5.43. The number of benzene rings is 2. The molecule has 0 amide bonds. The fourth-order valence-corrected chi connectivity index (χ4v) is 3.74. The van der Waals surface area contributed by atoms with Gasteiger partial charge in [-0.25, -0.2) is 0 Å². The molecule has 0 fully saturated rings. The Morgan fingerprint density at radius 2 is 1.74 bits per heavy atom. The summed E-state index contributed by atoms with van der Waals surface area (Å²) in [6, 6.07) is 13.0. The largest absolute Gasteiger partial charge is 0.493 e. The summed E-state index contributed by atoms with van der Waals surface area (Å²) in [5.41, 5.74) is 1.16. The van der Waals surface area contributed by atoms with Gasteiger partial charge < -0.3 is 14.2 Å². The van der Waals surface area contributed by atoms with E-state index in [0.29, 0.717) is 28.4 Å². The van der Waals surface area contributed by atoms with Crippen molar-refractivity contribution in [3.63, 3.8) is 0 Å². The molecule has 5 nitrogen and oxygen atoms in total. The van der Waals surface area contributed by atoms with Gasteiger partial charge in [-0.1, -0.05) is 18.2 Å². The van der Waals surface area contributed by atoms with Crippen LogP contribution in [-0.4, -0.2) is 27.1 Å². The minimum atomic E-state index is -0.316. The fraction of sp³-hybridized carbons (Fsp3) is 0.143. The maximum atomic E-state index is 12.9. The van der Waals surface area contributed by atoms with Gasteiger partial charge in [-0.05, 0) is 29.8 Å². The van der Waals surface area contributed by atoms with E-state index in [0.717, 1.165) is 10.1 Å². The van der Waals surface area contributed by atoms with E-state index < -0.39 is 0 Å². The predicted octanol–water partition coefficient (Wildman–Crippen LogP) is 4.72. The van der Waals surface area contributed by atoms with Gasteiger partial charge in [0.1, 0.15) is 11.6 Å². The van der Waals surface area contributed by atoms with E-state index >= 15 is 0 Å². The lowest BCUT2D eigenvalue weighted by Gasteiger charge is -2.13. The molecule has 2 aromatic carbocycles. The molecule has 0 saturated carbocycles.